The van der Waals surface area contributed by atoms with Gasteiger partial charge in [0, 0.05) is 33.1 Å². The molecular weight excluding hydrogens is 356 g/mol. The number of carbonyl (C=O) groups is 2. The number of ether oxygens (including phenoxy) is 1. The summed E-state index contributed by atoms with van der Waals surface area (Å²) >= 11 is 0. The van der Waals surface area contributed by atoms with Crippen molar-refractivity contribution in [2.45, 2.75) is 33.6 Å². The normalized spacial score (nSPS) is 14.3. The summed E-state index contributed by atoms with van der Waals surface area (Å²) in [6.07, 6.45) is 1.39. The van der Waals surface area contributed by atoms with Crippen molar-refractivity contribution in [2.75, 3.05) is 33.3 Å². The van der Waals surface area contributed by atoms with Crippen LogP contribution >= 0.6 is 0 Å². The van der Waals surface area contributed by atoms with Gasteiger partial charge < -0.3 is 14.5 Å². The standard InChI is InChI=1S/C21H28N4O3/c1-5-18-20(21(27)24-13-11-23(12-14-24)15(3)26)19(6-2)25(22-18)16-7-9-17(28-4)10-8-16/h7-10H,5-6,11-14H2,1-4H3. The molecular formula is C21H28N4O3. The van der Waals surface area contributed by atoms with E-state index >= 15 is 0 Å². The van der Waals surface area contributed by atoms with Gasteiger partial charge in [0.15, 0.2) is 0 Å². The molecule has 0 aliphatic carbocycles. The van der Waals surface area contributed by atoms with Gasteiger partial charge in [-0.1, -0.05) is 13.8 Å². The number of methoxy groups -OCH3 is 1. The highest BCUT2D eigenvalue weighted by atomic mass is 16.5. The lowest BCUT2D eigenvalue weighted by Crippen LogP contribution is -2.50. The molecule has 0 atom stereocenters. The number of rotatable bonds is 5. The van der Waals surface area contributed by atoms with Gasteiger partial charge in [-0.25, -0.2) is 4.68 Å². The van der Waals surface area contributed by atoms with Crippen LogP contribution in [0.4, 0.5) is 0 Å². The zero-order valence-corrected chi connectivity index (χ0v) is 17.1. The summed E-state index contributed by atoms with van der Waals surface area (Å²) in [6, 6.07) is 7.68. The maximum Gasteiger partial charge on any atom is 0.257 e. The minimum Gasteiger partial charge on any atom is -0.497 e. The van der Waals surface area contributed by atoms with Crippen molar-refractivity contribution in [3.05, 3.63) is 41.2 Å². The van der Waals surface area contributed by atoms with Crippen LogP contribution in [0.25, 0.3) is 5.69 Å². The number of hydrogen-bond donors (Lipinski definition) is 0. The second kappa shape index (κ2) is 8.46. The second-order valence-electron chi connectivity index (χ2n) is 6.88. The van der Waals surface area contributed by atoms with Crippen LogP contribution in [0.3, 0.4) is 0 Å². The van der Waals surface area contributed by atoms with Crippen molar-refractivity contribution in [3.8, 4) is 11.4 Å². The third-order valence-electron chi connectivity index (χ3n) is 5.27. The quantitative estimate of drug-likeness (QED) is 0.793. The molecule has 0 unspecified atom stereocenters. The summed E-state index contributed by atoms with van der Waals surface area (Å²) in [7, 11) is 1.64. The molecule has 7 heteroatoms. The SMILES string of the molecule is CCc1nn(-c2ccc(OC)cc2)c(CC)c1C(=O)N1CCN(C(C)=O)CC1. The predicted molar refractivity (Wildman–Crippen MR) is 107 cm³/mol. The Kier molecular flexibility index (Phi) is 6.02. The molecule has 28 heavy (non-hydrogen) atoms. The van der Waals surface area contributed by atoms with Crippen LogP contribution in [-0.2, 0) is 17.6 Å². The Morgan fingerprint density at radius 1 is 1.00 bits per heavy atom. The summed E-state index contributed by atoms with van der Waals surface area (Å²) in [4.78, 5) is 28.5. The van der Waals surface area contributed by atoms with Gasteiger partial charge in [-0.15, -0.1) is 0 Å². The molecule has 0 N–H and O–H groups in total. The Morgan fingerprint density at radius 2 is 1.61 bits per heavy atom. The Labute approximate surface area is 165 Å². The van der Waals surface area contributed by atoms with E-state index in [-0.39, 0.29) is 11.8 Å². The first-order valence-corrected chi connectivity index (χ1v) is 9.80. The molecule has 150 valence electrons. The molecule has 2 aromatic rings. The average molecular weight is 384 g/mol. The van der Waals surface area contributed by atoms with Crippen LogP contribution in [0.2, 0.25) is 0 Å². The Bertz CT molecular complexity index is 849. The summed E-state index contributed by atoms with van der Waals surface area (Å²) in [5.41, 5.74) is 3.34. The van der Waals surface area contributed by atoms with E-state index in [1.165, 1.54) is 0 Å². The number of aryl methyl sites for hydroxylation is 1. The number of hydrogen-bond acceptors (Lipinski definition) is 4. The van der Waals surface area contributed by atoms with Crippen LogP contribution in [0.1, 0.15) is 42.5 Å². The number of carbonyl (C=O) groups excluding carboxylic acids is 2. The maximum absolute atomic E-state index is 13.3. The summed E-state index contributed by atoms with van der Waals surface area (Å²) < 4.78 is 7.11. The molecule has 1 aromatic carbocycles. The number of amides is 2. The third kappa shape index (κ3) is 3.74. The smallest absolute Gasteiger partial charge is 0.257 e. The Morgan fingerprint density at radius 3 is 2.11 bits per heavy atom. The van der Waals surface area contributed by atoms with Crippen LogP contribution in [-0.4, -0.2) is 64.7 Å². The van der Waals surface area contributed by atoms with Crippen molar-refractivity contribution in [1.82, 2.24) is 19.6 Å². The Balaban J connectivity index is 1.93. The van der Waals surface area contributed by atoms with E-state index in [4.69, 9.17) is 9.84 Å². The molecule has 0 spiro atoms. The van der Waals surface area contributed by atoms with Gasteiger partial charge in [0.2, 0.25) is 5.91 Å². The fourth-order valence-corrected chi connectivity index (χ4v) is 3.64. The lowest BCUT2D eigenvalue weighted by Gasteiger charge is -2.34. The molecule has 0 bridgehead atoms. The highest BCUT2D eigenvalue weighted by Gasteiger charge is 2.29. The van der Waals surface area contributed by atoms with Crippen molar-refractivity contribution in [1.29, 1.82) is 0 Å². The van der Waals surface area contributed by atoms with E-state index in [2.05, 4.69) is 0 Å². The highest BCUT2D eigenvalue weighted by molar-refractivity contribution is 5.97. The van der Waals surface area contributed by atoms with Crippen molar-refractivity contribution >= 4 is 11.8 Å². The molecule has 3 rings (SSSR count). The maximum atomic E-state index is 13.3. The molecule has 1 aromatic heterocycles. The zero-order valence-electron chi connectivity index (χ0n) is 17.1. The molecule has 0 saturated carbocycles. The first-order chi connectivity index (χ1) is 13.5. The second-order valence-corrected chi connectivity index (χ2v) is 6.88. The van der Waals surface area contributed by atoms with E-state index in [9.17, 15) is 9.59 Å². The minimum absolute atomic E-state index is 0.0108. The first-order valence-electron chi connectivity index (χ1n) is 9.80. The van der Waals surface area contributed by atoms with Gasteiger partial charge in [0.05, 0.1) is 29.7 Å². The van der Waals surface area contributed by atoms with Gasteiger partial charge in [0.25, 0.3) is 5.91 Å². The topological polar surface area (TPSA) is 67.7 Å². The van der Waals surface area contributed by atoms with Gasteiger partial charge in [-0.05, 0) is 37.1 Å². The van der Waals surface area contributed by atoms with Gasteiger partial charge >= 0.3 is 0 Å². The molecule has 1 aliphatic rings. The minimum atomic E-state index is 0.0108. The lowest BCUT2D eigenvalue weighted by atomic mass is 10.1. The highest BCUT2D eigenvalue weighted by Crippen LogP contribution is 2.24. The van der Waals surface area contributed by atoms with Crippen molar-refractivity contribution in [2.24, 2.45) is 0 Å². The number of piperazine rings is 1. The molecule has 0 radical (unpaired) electrons. The van der Waals surface area contributed by atoms with E-state index in [1.807, 2.05) is 47.7 Å². The van der Waals surface area contributed by atoms with Crippen LogP contribution in [0.5, 0.6) is 5.75 Å². The first kappa shape index (κ1) is 19.9. The average Bonchev–Trinajstić information content (AvgIpc) is 3.12. The predicted octanol–water partition coefficient (Wildman–Crippen LogP) is 2.31. The van der Waals surface area contributed by atoms with Gasteiger partial charge in [-0.3, -0.25) is 9.59 Å². The van der Waals surface area contributed by atoms with Crippen LogP contribution in [0, 0.1) is 0 Å². The Hall–Kier alpha value is -2.83. The van der Waals surface area contributed by atoms with Crippen molar-refractivity contribution in [3.63, 3.8) is 0 Å². The van der Waals surface area contributed by atoms with E-state index in [0.29, 0.717) is 44.6 Å². The lowest BCUT2D eigenvalue weighted by molar-refractivity contribution is -0.130. The molecule has 2 amide bonds. The largest absolute Gasteiger partial charge is 0.497 e. The molecule has 7 nitrogen and oxygen atoms in total. The summed E-state index contributed by atoms with van der Waals surface area (Å²) in [6.45, 7) is 7.90. The number of aromatic nitrogens is 2. The van der Waals surface area contributed by atoms with Crippen LogP contribution in [0.15, 0.2) is 24.3 Å². The van der Waals surface area contributed by atoms with E-state index in [0.717, 1.165) is 22.8 Å². The number of nitrogens with zero attached hydrogens (tertiary/aromatic N) is 4. The fourth-order valence-electron chi connectivity index (χ4n) is 3.64. The monoisotopic (exact) mass is 384 g/mol. The fraction of sp³-hybridized carbons (Fsp3) is 0.476. The molecule has 2 heterocycles. The van der Waals surface area contributed by atoms with E-state index < -0.39 is 0 Å². The van der Waals surface area contributed by atoms with Crippen molar-refractivity contribution < 1.29 is 14.3 Å². The third-order valence-corrected chi connectivity index (χ3v) is 5.27. The molecule has 1 saturated heterocycles. The summed E-state index contributed by atoms with van der Waals surface area (Å²) in [5.74, 6) is 0.851. The molecule has 1 aliphatic heterocycles. The number of benzene rings is 1. The van der Waals surface area contributed by atoms with Gasteiger partial charge in [0.1, 0.15) is 5.75 Å². The zero-order chi connectivity index (χ0) is 20.3. The van der Waals surface area contributed by atoms with Gasteiger partial charge in [-0.2, -0.15) is 5.10 Å². The molecule has 1 fully saturated rings. The van der Waals surface area contributed by atoms with Crippen LogP contribution < -0.4 is 4.74 Å². The van der Waals surface area contributed by atoms with E-state index in [1.54, 1.807) is 18.9 Å². The summed E-state index contributed by atoms with van der Waals surface area (Å²) in [5, 5.41) is 4.75.